The third-order valence-corrected chi connectivity index (χ3v) is 11.3. The van der Waals surface area contributed by atoms with Gasteiger partial charge in [0.05, 0.1) is 24.0 Å². The van der Waals surface area contributed by atoms with Gasteiger partial charge in [-0.15, -0.1) is 0 Å². The van der Waals surface area contributed by atoms with Crippen LogP contribution in [-0.4, -0.2) is 94.4 Å². The Morgan fingerprint density at radius 3 is 1.86 bits per heavy atom. The molecule has 1 saturated heterocycles. The summed E-state index contributed by atoms with van der Waals surface area (Å²) in [7, 11) is 7.83. The van der Waals surface area contributed by atoms with Gasteiger partial charge >= 0.3 is 0 Å². The van der Waals surface area contributed by atoms with Crippen molar-refractivity contribution in [2.45, 2.75) is 43.4 Å². The van der Waals surface area contributed by atoms with Crippen molar-refractivity contribution in [3.05, 3.63) is 156 Å². The first kappa shape index (κ1) is 37.0. The van der Waals surface area contributed by atoms with Gasteiger partial charge in [0.15, 0.2) is 0 Å². The number of allylic oxidation sites excluding steroid dienone is 1. The summed E-state index contributed by atoms with van der Waals surface area (Å²) < 4.78 is 0. The summed E-state index contributed by atoms with van der Waals surface area (Å²) in [6.07, 6.45) is 10.6. The molecule has 3 aliphatic heterocycles. The number of amides is 2. The van der Waals surface area contributed by atoms with E-state index in [1.807, 2.05) is 121 Å². The lowest BCUT2D eigenvalue weighted by atomic mass is 9.96. The topological polar surface area (TPSA) is 88.1 Å². The maximum atomic E-state index is 13.9. The SMILES string of the molecule is CN(C)[C@@H](C(=O)N1CC=C[C@H]1C1=NC=C(c2ccc(-c3ccc(-c4cnc([C@@H]5CCCN5C(=O)[C@@H](c5ccccc5)N(C)C)[nH]4)cc3)cc2)C1)c1ccccc1. The van der Waals surface area contributed by atoms with Crippen LogP contribution in [0.1, 0.15) is 59.9 Å². The molecular formula is C47H49N7O2. The lowest BCUT2D eigenvalue weighted by Gasteiger charge is -2.32. The van der Waals surface area contributed by atoms with Crippen molar-refractivity contribution in [3.63, 3.8) is 0 Å². The summed E-state index contributed by atoms with van der Waals surface area (Å²) in [4.78, 5) is 48.9. The van der Waals surface area contributed by atoms with Crippen LogP contribution < -0.4 is 0 Å². The van der Waals surface area contributed by atoms with Gasteiger partial charge in [-0.05, 0) is 80.0 Å². The van der Waals surface area contributed by atoms with E-state index in [1.54, 1.807) is 0 Å². The molecular weight excluding hydrogens is 695 g/mol. The molecule has 0 radical (unpaired) electrons. The number of imidazole rings is 1. The normalized spacial score (nSPS) is 19.1. The molecule has 1 N–H and O–H groups in total. The highest BCUT2D eigenvalue weighted by atomic mass is 16.2. The summed E-state index contributed by atoms with van der Waals surface area (Å²) in [6, 6.07) is 36.2. The van der Waals surface area contributed by atoms with Gasteiger partial charge in [-0.2, -0.15) is 0 Å². The Morgan fingerprint density at radius 1 is 0.714 bits per heavy atom. The number of hydrogen-bond acceptors (Lipinski definition) is 6. The number of carbonyl (C=O) groups is 2. The van der Waals surface area contributed by atoms with Crippen molar-refractivity contribution < 1.29 is 9.59 Å². The molecule has 4 atom stereocenters. The number of nitrogens with one attached hydrogen (secondary N) is 1. The number of nitrogens with zero attached hydrogens (tertiary/aromatic N) is 6. The van der Waals surface area contributed by atoms with E-state index in [4.69, 9.17) is 9.98 Å². The molecule has 3 aliphatic rings. The van der Waals surface area contributed by atoms with Crippen LogP contribution in [0.5, 0.6) is 0 Å². The van der Waals surface area contributed by atoms with Crippen molar-refractivity contribution >= 4 is 23.1 Å². The van der Waals surface area contributed by atoms with E-state index < -0.39 is 0 Å². The maximum Gasteiger partial charge on any atom is 0.245 e. The van der Waals surface area contributed by atoms with Crippen LogP contribution in [0.2, 0.25) is 0 Å². The maximum absolute atomic E-state index is 13.9. The van der Waals surface area contributed by atoms with E-state index in [-0.39, 0.29) is 36.0 Å². The van der Waals surface area contributed by atoms with Crippen molar-refractivity contribution in [1.29, 1.82) is 0 Å². The molecule has 5 aromatic rings. The monoisotopic (exact) mass is 743 g/mol. The van der Waals surface area contributed by atoms with E-state index >= 15 is 0 Å². The average molecular weight is 744 g/mol. The minimum absolute atomic E-state index is 0.0807. The highest BCUT2D eigenvalue weighted by molar-refractivity contribution is 6.05. The number of hydrogen-bond donors (Lipinski definition) is 1. The molecule has 8 rings (SSSR count). The summed E-state index contributed by atoms with van der Waals surface area (Å²) in [6.45, 7) is 1.30. The molecule has 0 aliphatic carbocycles. The number of likely N-dealkylation sites (N-methyl/N-ethyl adjacent to an activating group) is 2. The Bertz CT molecular complexity index is 2260. The van der Waals surface area contributed by atoms with Gasteiger partial charge in [0.25, 0.3) is 0 Å². The number of aromatic nitrogens is 2. The first-order valence-corrected chi connectivity index (χ1v) is 19.5. The molecule has 9 heteroatoms. The minimum atomic E-state index is -0.353. The summed E-state index contributed by atoms with van der Waals surface area (Å²) in [5, 5.41) is 0. The fraction of sp³-hybridized carbons (Fsp3) is 0.277. The van der Waals surface area contributed by atoms with E-state index in [0.717, 1.165) is 75.6 Å². The molecule has 4 heterocycles. The van der Waals surface area contributed by atoms with E-state index in [1.165, 1.54) is 0 Å². The van der Waals surface area contributed by atoms with Crippen molar-refractivity contribution in [2.24, 2.45) is 4.99 Å². The third kappa shape index (κ3) is 7.40. The number of rotatable bonds is 11. The van der Waals surface area contributed by atoms with Crippen LogP contribution in [0.3, 0.4) is 0 Å². The minimum Gasteiger partial charge on any atom is -0.340 e. The molecule has 0 saturated carbocycles. The molecule has 0 bridgehead atoms. The van der Waals surface area contributed by atoms with Gasteiger partial charge in [-0.25, -0.2) is 4.98 Å². The predicted molar refractivity (Wildman–Crippen MR) is 224 cm³/mol. The summed E-state index contributed by atoms with van der Waals surface area (Å²) >= 11 is 0. The van der Waals surface area contributed by atoms with Gasteiger partial charge < -0.3 is 14.8 Å². The largest absolute Gasteiger partial charge is 0.340 e. The Hall–Kier alpha value is -5.90. The van der Waals surface area contributed by atoms with Gasteiger partial charge in [-0.1, -0.05) is 121 Å². The molecule has 56 heavy (non-hydrogen) atoms. The van der Waals surface area contributed by atoms with E-state index in [2.05, 4.69) is 65.7 Å². The first-order valence-electron chi connectivity index (χ1n) is 19.5. The number of aromatic amines is 1. The quantitative estimate of drug-likeness (QED) is 0.139. The lowest BCUT2D eigenvalue weighted by molar-refractivity contribution is -0.137. The zero-order chi connectivity index (χ0) is 38.8. The van der Waals surface area contributed by atoms with Gasteiger partial charge in [-0.3, -0.25) is 24.4 Å². The van der Waals surface area contributed by atoms with Crippen molar-refractivity contribution in [1.82, 2.24) is 29.6 Å². The van der Waals surface area contributed by atoms with Gasteiger partial charge in [0.1, 0.15) is 17.9 Å². The predicted octanol–water partition coefficient (Wildman–Crippen LogP) is 7.97. The highest BCUT2D eigenvalue weighted by Crippen LogP contribution is 2.36. The van der Waals surface area contributed by atoms with Crippen LogP contribution in [0, 0.1) is 0 Å². The standard InChI is InChI=1S/C47H49N7O2/c1-51(2)43(36-13-7-5-8-14-36)46(55)53-27-11-17-41(53)39-29-38(30-48-39)34-21-19-32(20-22-34)33-23-25-35(26-24-33)40-31-49-45(50-40)42-18-12-28-54(42)47(56)44(52(3)4)37-15-9-6-10-16-37/h5-11,13-17,19-26,30-31,41-44H,12,18,27-29H2,1-4H3,(H,49,50)/t41-,42-,43+,44+/m0/s1. The lowest BCUT2D eigenvalue weighted by Crippen LogP contribution is -2.46. The van der Waals surface area contributed by atoms with Crippen LogP contribution in [0.4, 0.5) is 0 Å². The Labute approximate surface area is 329 Å². The third-order valence-electron chi connectivity index (χ3n) is 11.3. The second kappa shape index (κ2) is 16.1. The van der Waals surface area contributed by atoms with Crippen molar-refractivity contribution in [3.8, 4) is 22.4 Å². The summed E-state index contributed by atoms with van der Waals surface area (Å²) in [5.74, 6) is 1.02. The smallest absolute Gasteiger partial charge is 0.245 e. The number of H-pyrrole nitrogens is 1. The molecule has 0 unspecified atom stereocenters. The second-order valence-electron chi connectivity index (χ2n) is 15.4. The van der Waals surface area contributed by atoms with Crippen LogP contribution in [0.15, 0.2) is 139 Å². The molecule has 0 spiro atoms. The van der Waals surface area contributed by atoms with E-state index in [9.17, 15) is 9.59 Å². The second-order valence-corrected chi connectivity index (χ2v) is 15.4. The summed E-state index contributed by atoms with van der Waals surface area (Å²) in [5.41, 5.74) is 9.50. The Balaban J connectivity index is 0.903. The average Bonchev–Trinajstić information content (AvgIpc) is 4.06. The zero-order valence-electron chi connectivity index (χ0n) is 32.5. The van der Waals surface area contributed by atoms with Crippen LogP contribution >= 0.6 is 0 Å². The Morgan fingerprint density at radius 2 is 1.27 bits per heavy atom. The first-order chi connectivity index (χ1) is 27.3. The molecule has 1 fully saturated rings. The fourth-order valence-electron chi connectivity index (χ4n) is 8.44. The fourth-order valence-corrected chi connectivity index (χ4v) is 8.44. The molecule has 1 aromatic heterocycles. The highest BCUT2D eigenvalue weighted by Gasteiger charge is 2.38. The van der Waals surface area contributed by atoms with Crippen molar-refractivity contribution in [2.75, 3.05) is 41.3 Å². The van der Waals surface area contributed by atoms with Crippen LogP contribution in [-0.2, 0) is 9.59 Å². The number of likely N-dealkylation sites (tertiary alicyclic amines) is 1. The van der Waals surface area contributed by atoms with Crippen LogP contribution in [0.25, 0.3) is 28.0 Å². The molecule has 9 nitrogen and oxygen atoms in total. The van der Waals surface area contributed by atoms with Gasteiger partial charge in [0.2, 0.25) is 11.8 Å². The number of carbonyl (C=O) groups excluding carboxylic acids is 2. The number of benzene rings is 4. The Kier molecular flexibility index (Phi) is 10.6. The molecule has 4 aromatic carbocycles. The van der Waals surface area contributed by atoms with E-state index in [0.29, 0.717) is 13.0 Å². The van der Waals surface area contributed by atoms with Gasteiger partial charge in [0, 0.05) is 31.4 Å². The number of aliphatic imine (C=N–C) groups is 1. The molecule has 284 valence electrons. The molecule has 2 amide bonds. The zero-order valence-corrected chi connectivity index (χ0v) is 32.5.